The van der Waals surface area contributed by atoms with Crippen molar-refractivity contribution in [1.82, 2.24) is 0 Å². The minimum Gasteiger partial charge on any atom is -0.477 e. The summed E-state index contributed by atoms with van der Waals surface area (Å²) in [5, 5.41) is 13.6. The van der Waals surface area contributed by atoms with Gasteiger partial charge in [0.15, 0.2) is 11.5 Å². The van der Waals surface area contributed by atoms with E-state index in [2.05, 4.69) is 15.3 Å². The highest BCUT2D eigenvalue weighted by atomic mass is 35.5. The molecule has 0 saturated carbocycles. The number of hydrogen-bond donors (Lipinski definition) is 2. The number of nitrogens with one attached hydrogen (secondary N) is 1. The Morgan fingerprint density at radius 2 is 2.15 bits per heavy atom. The lowest BCUT2D eigenvalue weighted by Gasteiger charge is -2.11. The van der Waals surface area contributed by atoms with Crippen LogP contribution in [0.15, 0.2) is 17.3 Å². The van der Waals surface area contributed by atoms with Crippen LogP contribution in [0.25, 0.3) is 0 Å². The van der Waals surface area contributed by atoms with Gasteiger partial charge in [0.2, 0.25) is 6.10 Å². The summed E-state index contributed by atoms with van der Waals surface area (Å²) in [5.41, 5.74) is -0.735. The molecular formula is C11H7ClF2N2O4. The fourth-order valence-corrected chi connectivity index (χ4v) is 1.75. The van der Waals surface area contributed by atoms with Gasteiger partial charge in [-0.15, -0.1) is 0 Å². The zero-order chi connectivity index (χ0) is 14.9. The van der Waals surface area contributed by atoms with Gasteiger partial charge in [-0.05, 0) is 6.07 Å². The van der Waals surface area contributed by atoms with Crippen LogP contribution in [0.2, 0.25) is 5.02 Å². The first kappa shape index (κ1) is 14.2. The minimum absolute atomic E-state index is 0.262. The maximum Gasteiger partial charge on any atom is 0.353 e. The third-order valence-corrected chi connectivity index (χ3v) is 2.76. The van der Waals surface area contributed by atoms with Gasteiger partial charge < -0.3 is 15.3 Å². The number of carboxylic acid groups (broad SMARTS) is 1. The number of carboxylic acids is 1. The van der Waals surface area contributed by atoms with Crippen molar-refractivity contribution >= 4 is 34.9 Å². The minimum atomic E-state index is -1.31. The van der Waals surface area contributed by atoms with E-state index in [0.29, 0.717) is 6.07 Å². The van der Waals surface area contributed by atoms with Gasteiger partial charge in [0.05, 0.1) is 10.7 Å². The van der Waals surface area contributed by atoms with E-state index >= 15 is 0 Å². The summed E-state index contributed by atoms with van der Waals surface area (Å²) in [4.78, 5) is 27.0. The van der Waals surface area contributed by atoms with E-state index in [-0.39, 0.29) is 17.2 Å². The van der Waals surface area contributed by atoms with Crippen molar-refractivity contribution in [1.29, 1.82) is 0 Å². The largest absolute Gasteiger partial charge is 0.477 e. The van der Waals surface area contributed by atoms with Gasteiger partial charge in [-0.1, -0.05) is 16.8 Å². The molecule has 1 atom stereocenters. The van der Waals surface area contributed by atoms with Crippen LogP contribution in [0.5, 0.6) is 0 Å². The molecule has 1 amide bonds. The molecule has 1 aromatic carbocycles. The Labute approximate surface area is 116 Å². The highest BCUT2D eigenvalue weighted by molar-refractivity contribution is 6.36. The predicted octanol–water partition coefficient (Wildman–Crippen LogP) is 1.79. The second-order valence-corrected chi connectivity index (χ2v) is 4.28. The number of aliphatic carboxylic acids is 1. The second-order valence-electron chi connectivity index (χ2n) is 3.87. The normalized spacial score (nSPS) is 17.4. The molecule has 9 heteroatoms. The van der Waals surface area contributed by atoms with E-state index in [1.807, 2.05) is 0 Å². The Morgan fingerprint density at radius 3 is 2.70 bits per heavy atom. The molecular weight excluding hydrogens is 298 g/mol. The fraction of sp³-hybridized carbons (Fsp3) is 0.182. The fourth-order valence-electron chi connectivity index (χ4n) is 1.51. The lowest BCUT2D eigenvalue weighted by Crippen LogP contribution is -2.29. The number of oxime groups is 1. The number of rotatable bonds is 3. The summed E-state index contributed by atoms with van der Waals surface area (Å²) in [6, 6.07) is 1.38. The van der Waals surface area contributed by atoms with Crippen LogP contribution in [-0.4, -0.2) is 28.8 Å². The van der Waals surface area contributed by atoms with Crippen molar-refractivity contribution in [3.05, 3.63) is 28.8 Å². The standard InChI is InChI=1S/C11H7ClF2N2O4/c12-5-1-4(13)2-6(14)9(5)15-10(17)8-3-7(11(18)19)16-20-8/h1-2,8H,3H2,(H,15,17)(H,18,19). The number of benzene rings is 1. The molecule has 0 radical (unpaired) electrons. The van der Waals surface area contributed by atoms with Crippen molar-refractivity contribution in [3.8, 4) is 0 Å². The molecule has 1 aliphatic rings. The molecule has 0 bridgehead atoms. The number of amides is 1. The third kappa shape index (κ3) is 2.85. The number of anilines is 1. The van der Waals surface area contributed by atoms with Gasteiger partial charge in [-0.3, -0.25) is 4.79 Å². The van der Waals surface area contributed by atoms with Crippen molar-refractivity contribution in [2.45, 2.75) is 12.5 Å². The van der Waals surface area contributed by atoms with Crippen LogP contribution in [0.1, 0.15) is 6.42 Å². The SMILES string of the molecule is O=C(O)C1=NOC(C(=O)Nc2c(F)cc(F)cc2Cl)C1. The van der Waals surface area contributed by atoms with Gasteiger partial charge in [0.25, 0.3) is 5.91 Å². The van der Waals surface area contributed by atoms with Gasteiger partial charge in [0, 0.05) is 12.5 Å². The van der Waals surface area contributed by atoms with Crippen LogP contribution in [-0.2, 0) is 14.4 Å². The summed E-state index contributed by atoms with van der Waals surface area (Å²) in [7, 11) is 0. The zero-order valence-corrected chi connectivity index (χ0v) is 10.4. The van der Waals surface area contributed by atoms with E-state index in [4.69, 9.17) is 16.7 Å². The van der Waals surface area contributed by atoms with E-state index in [9.17, 15) is 18.4 Å². The predicted molar refractivity (Wildman–Crippen MR) is 64.6 cm³/mol. The van der Waals surface area contributed by atoms with Gasteiger partial charge >= 0.3 is 5.97 Å². The number of carbonyl (C=O) groups excluding carboxylic acids is 1. The first-order valence-electron chi connectivity index (χ1n) is 5.30. The summed E-state index contributed by atoms with van der Waals surface area (Å²) < 4.78 is 26.3. The Hall–Kier alpha value is -2.22. The molecule has 1 heterocycles. The molecule has 0 saturated heterocycles. The second kappa shape index (κ2) is 5.41. The van der Waals surface area contributed by atoms with Crippen molar-refractivity contribution < 1.29 is 28.3 Å². The molecule has 6 nitrogen and oxygen atoms in total. The molecule has 106 valence electrons. The topological polar surface area (TPSA) is 88.0 Å². The van der Waals surface area contributed by atoms with Crippen LogP contribution >= 0.6 is 11.6 Å². The van der Waals surface area contributed by atoms with Gasteiger partial charge in [-0.25, -0.2) is 13.6 Å². The van der Waals surface area contributed by atoms with Crippen molar-refractivity contribution in [3.63, 3.8) is 0 Å². The molecule has 2 rings (SSSR count). The highest BCUT2D eigenvalue weighted by Crippen LogP contribution is 2.27. The summed E-state index contributed by atoms with van der Waals surface area (Å²) >= 11 is 5.61. The van der Waals surface area contributed by atoms with Crippen LogP contribution in [0, 0.1) is 11.6 Å². The summed E-state index contributed by atoms with van der Waals surface area (Å²) in [6.45, 7) is 0. The van der Waals surface area contributed by atoms with E-state index in [1.165, 1.54) is 0 Å². The lowest BCUT2D eigenvalue weighted by molar-refractivity contribution is -0.129. The molecule has 0 aromatic heterocycles. The molecule has 0 aliphatic carbocycles. The number of hydrogen-bond acceptors (Lipinski definition) is 4. The van der Waals surface area contributed by atoms with Crippen molar-refractivity contribution in [2.24, 2.45) is 5.16 Å². The first-order chi connectivity index (χ1) is 9.38. The average Bonchev–Trinajstić information content (AvgIpc) is 2.83. The summed E-state index contributed by atoms with van der Waals surface area (Å²) in [5.74, 6) is -4.09. The van der Waals surface area contributed by atoms with Crippen LogP contribution in [0.4, 0.5) is 14.5 Å². The molecule has 2 N–H and O–H groups in total. The Balaban J connectivity index is 2.09. The first-order valence-corrected chi connectivity index (χ1v) is 5.67. The smallest absolute Gasteiger partial charge is 0.353 e. The molecule has 1 aromatic rings. The average molecular weight is 305 g/mol. The van der Waals surface area contributed by atoms with Crippen molar-refractivity contribution in [2.75, 3.05) is 5.32 Å². The Bertz CT molecular complexity index is 597. The zero-order valence-electron chi connectivity index (χ0n) is 9.69. The lowest BCUT2D eigenvalue weighted by atomic mass is 10.1. The monoisotopic (exact) mass is 304 g/mol. The van der Waals surface area contributed by atoms with E-state index < -0.39 is 35.3 Å². The maximum atomic E-state index is 13.5. The van der Waals surface area contributed by atoms with Crippen LogP contribution in [0.3, 0.4) is 0 Å². The van der Waals surface area contributed by atoms with Gasteiger partial charge in [-0.2, -0.15) is 0 Å². The summed E-state index contributed by atoms with van der Waals surface area (Å²) in [6.07, 6.45) is -1.47. The van der Waals surface area contributed by atoms with E-state index in [1.54, 1.807) is 0 Å². The number of carbonyl (C=O) groups is 2. The number of halogens is 3. The third-order valence-electron chi connectivity index (χ3n) is 2.46. The Kier molecular flexibility index (Phi) is 3.84. The molecule has 20 heavy (non-hydrogen) atoms. The molecule has 0 spiro atoms. The van der Waals surface area contributed by atoms with Gasteiger partial charge in [0.1, 0.15) is 5.82 Å². The Morgan fingerprint density at radius 1 is 1.45 bits per heavy atom. The molecule has 1 aliphatic heterocycles. The maximum absolute atomic E-state index is 13.5. The number of nitrogens with zero attached hydrogens (tertiary/aromatic N) is 1. The highest BCUT2D eigenvalue weighted by Gasteiger charge is 2.32. The van der Waals surface area contributed by atoms with E-state index in [0.717, 1.165) is 6.07 Å². The molecule has 1 unspecified atom stereocenters. The van der Waals surface area contributed by atoms with Crippen LogP contribution < -0.4 is 5.32 Å². The quantitative estimate of drug-likeness (QED) is 0.891. The molecule has 0 fully saturated rings.